The van der Waals surface area contributed by atoms with Crippen molar-refractivity contribution in [1.82, 2.24) is 5.32 Å². The highest BCUT2D eigenvalue weighted by atomic mass is 16.5. The summed E-state index contributed by atoms with van der Waals surface area (Å²) < 4.78 is 5.75. The second kappa shape index (κ2) is 12.8. The highest BCUT2D eigenvalue weighted by molar-refractivity contribution is 5.22. The molecule has 0 aliphatic heterocycles. The zero-order chi connectivity index (χ0) is 15.2. The fourth-order valence-corrected chi connectivity index (χ4v) is 2.39. The number of hydrogen-bond donors (Lipinski definition) is 1. The van der Waals surface area contributed by atoms with Gasteiger partial charge < -0.3 is 10.1 Å². The molecule has 0 aliphatic carbocycles. The van der Waals surface area contributed by atoms with Gasteiger partial charge in [-0.15, -0.1) is 0 Å². The maximum Gasteiger partial charge on any atom is 0.0716 e. The van der Waals surface area contributed by atoms with Crippen molar-refractivity contribution in [1.29, 1.82) is 0 Å². The molecule has 0 spiro atoms. The van der Waals surface area contributed by atoms with Crippen molar-refractivity contribution in [2.45, 2.75) is 65.4 Å². The third-order valence-electron chi connectivity index (χ3n) is 3.77. The summed E-state index contributed by atoms with van der Waals surface area (Å²) in [7, 11) is 0. The average molecular weight is 291 g/mol. The Kier molecular flexibility index (Phi) is 11.1. The number of ether oxygens (including phenoxy) is 1. The molecule has 1 N–H and O–H groups in total. The molecule has 0 bridgehead atoms. The largest absolute Gasteiger partial charge is 0.377 e. The van der Waals surface area contributed by atoms with Gasteiger partial charge in [-0.1, -0.05) is 70.2 Å². The standard InChI is InChI=1S/C19H33NO/c1-3-5-6-7-8-9-16-21-17-19-12-10-18(11-13-19)14-15-20-4-2/h10-13,20H,3-9,14-17H2,1-2H3. The van der Waals surface area contributed by atoms with E-state index in [1.807, 2.05) is 0 Å². The van der Waals surface area contributed by atoms with Gasteiger partial charge in [-0.05, 0) is 37.1 Å². The minimum Gasteiger partial charge on any atom is -0.377 e. The molecule has 2 heteroatoms. The lowest BCUT2D eigenvalue weighted by Gasteiger charge is -2.06. The SMILES string of the molecule is CCCCCCCCOCc1ccc(CCNCC)cc1. The van der Waals surface area contributed by atoms with Crippen molar-refractivity contribution in [3.8, 4) is 0 Å². The van der Waals surface area contributed by atoms with Crippen LogP contribution in [0.2, 0.25) is 0 Å². The number of rotatable bonds is 13. The van der Waals surface area contributed by atoms with Crippen LogP contribution in [0, 0.1) is 0 Å². The van der Waals surface area contributed by atoms with Crippen LogP contribution in [0.3, 0.4) is 0 Å². The van der Waals surface area contributed by atoms with Crippen LogP contribution in [0.15, 0.2) is 24.3 Å². The summed E-state index contributed by atoms with van der Waals surface area (Å²) in [6.07, 6.45) is 9.05. The fourth-order valence-electron chi connectivity index (χ4n) is 2.39. The van der Waals surface area contributed by atoms with Crippen LogP contribution in [0.1, 0.15) is 63.5 Å². The Balaban J connectivity index is 2.04. The fraction of sp³-hybridized carbons (Fsp3) is 0.684. The molecule has 0 saturated heterocycles. The van der Waals surface area contributed by atoms with Crippen molar-refractivity contribution in [3.05, 3.63) is 35.4 Å². The molecule has 21 heavy (non-hydrogen) atoms. The van der Waals surface area contributed by atoms with Gasteiger partial charge in [-0.3, -0.25) is 0 Å². The van der Waals surface area contributed by atoms with Crippen molar-refractivity contribution in [3.63, 3.8) is 0 Å². The summed E-state index contributed by atoms with van der Waals surface area (Å²) >= 11 is 0. The highest BCUT2D eigenvalue weighted by Crippen LogP contribution is 2.08. The normalized spacial score (nSPS) is 11.0. The van der Waals surface area contributed by atoms with Gasteiger partial charge in [0.1, 0.15) is 0 Å². The van der Waals surface area contributed by atoms with E-state index in [9.17, 15) is 0 Å². The Morgan fingerprint density at radius 3 is 2.24 bits per heavy atom. The zero-order valence-corrected chi connectivity index (χ0v) is 14.0. The van der Waals surface area contributed by atoms with E-state index in [1.54, 1.807) is 0 Å². The maximum atomic E-state index is 5.75. The number of benzene rings is 1. The lowest BCUT2D eigenvalue weighted by molar-refractivity contribution is 0.116. The van der Waals surface area contributed by atoms with Crippen molar-refractivity contribution >= 4 is 0 Å². The first-order chi connectivity index (χ1) is 10.4. The molecule has 1 aromatic carbocycles. The maximum absolute atomic E-state index is 5.75. The number of likely N-dealkylation sites (N-methyl/N-ethyl adjacent to an activating group) is 1. The van der Waals surface area contributed by atoms with E-state index < -0.39 is 0 Å². The smallest absolute Gasteiger partial charge is 0.0716 e. The predicted molar refractivity (Wildman–Crippen MR) is 91.7 cm³/mol. The molecule has 0 aliphatic rings. The van der Waals surface area contributed by atoms with E-state index in [0.29, 0.717) is 0 Å². The van der Waals surface area contributed by atoms with E-state index in [-0.39, 0.29) is 0 Å². The zero-order valence-electron chi connectivity index (χ0n) is 14.0. The molecule has 0 aromatic heterocycles. The predicted octanol–water partition coefficient (Wildman–Crippen LogP) is 4.72. The van der Waals surface area contributed by atoms with Crippen LogP contribution in [-0.4, -0.2) is 19.7 Å². The Hall–Kier alpha value is -0.860. The first-order valence-electron chi connectivity index (χ1n) is 8.73. The van der Waals surface area contributed by atoms with Crippen LogP contribution in [-0.2, 0) is 17.8 Å². The van der Waals surface area contributed by atoms with E-state index in [2.05, 4.69) is 43.4 Å². The molecule has 0 atom stereocenters. The summed E-state index contributed by atoms with van der Waals surface area (Å²) in [5.74, 6) is 0. The molecule has 0 heterocycles. The van der Waals surface area contributed by atoms with Gasteiger partial charge in [-0.25, -0.2) is 0 Å². The van der Waals surface area contributed by atoms with Gasteiger partial charge in [0, 0.05) is 6.61 Å². The van der Waals surface area contributed by atoms with E-state index in [0.717, 1.165) is 32.7 Å². The Morgan fingerprint density at radius 1 is 0.857 bits per heavy atom. The highest BCUT2D eigenvalue weighted by Gasteiger charge is 1.96. The Bertz CT molecular complexity index is 334. The van der Waals surface area contributed by atoms with Gasteiger partial charge in [0.15, 0.2) is 0 Å². The summed E-state index contributed by atoms with van der Waals surface area (Å²) in [6.45, 7) is 8.16. The molecular weight excluding hydrogens is 258 g/mol. The van der Waals surface area contributed by atoms with Crippen LogP contribution in [0.5, 0.6) is 0 Å². The molecule has 0 saturated carbocycles. The monoisotopic (exact) mass is 291 g/mol. The quantitative estimate of drug-likeness (QED) is 0.531. The molecule has 120 valence electrons. The van der Waals surface area contributed by atoms with Gasteiger partial charge in [0.05, 0.1) is 6.61 Å². The van der Waals surface area contributed by atoms with Crippen LogP contribution < -0.4 is 5.32 Å². The lowest BCUT2D eigenvalue weighted by atomic mass is 10.1. The van der Waals surface area contributed by atoms with Crippen LogP contribution >= 0.6 is 0 Å². The summed E-state index contributed by atoms with van der Waals surface area (Å²) in [5, 5.41) is 3.35. The molecule has 0 radical (unpaired) electrons. The lowest BCUT2D eigenvalue weighted by Crippen LogP contribution is -2.15. The molecule has 1 rings (SSSR count). The molecule has 2 nitrogen and oxygen atoms in total. The molecule has 0 amide bonds. The number of unbranched alkanes of at least 4 members (excludes halogenated alkanes) is 5. The topological polar surface area (TPSA) is 21.3 Å². The molecule has 0 fully saturated rings. The molecule has 1 aromatic rings. The van der Waals surface area contributed by atoms with E-state index >= 15 is 0 Å². The second-order valence-corrected chi connectivity index (χ2v) is 5.74. The van der Waals surface area contributed by atoms with Crippen LogP contribution in [0.25, 0.3) is 0 Å². The van der Waals surface area contributed by atoms with E-state index in [1.165, 1.54) is 49.7 Å². The van der Waals surface area contributed by atoms with E-state index in [4.69, 9.17) is 4.74 Å². The van der Waals surface area contributed by atoms with Crippen molar-refractivity contribution in [2.24, 2.45) is 0 Å². The van der Waals surface area contributed by atoms with Crippen LogP contribution in [0.4, 0.5) is 0 Å². The first kappa shape index (κ1) is 18.2. The Morgan fingerprint density at radius 2 is 1.52 bits per heavy atom. The average Bonchev–Trinajstić information content (AvgIpc) is 2.52. The first-order valence-corrected chi connectivity index (χ1v) is 8.73. The minimum atomic E-state index is 0.752. The second-order valence-electron chi connectivity index (χ2n) is 5.74. The summed E-state index contributed by atoms with van der Waals surface area (Å²) in [4.78, 5) is 0. The summed E-state index contributed by atoms with van der Waals surface area (Å²) in [5.41, 5.74) is 2.68. The van der Waals surface area contributed by atoms with Crippen molar-refractivity contribution < 1.29 is 4.74 Å². The molecule has 0 unspecified atom stereocenters. The van der Waals surface area contributed by atoms with Crippen molar-refractivity contribution in [2.75, 3.05) is 19.7 Å². The third kappa shape index (κ3) is 9.65. The van der Waals surface area contributed by atoms with Gasteiger partial charge >= 0.3 is 0 Å². The Labute approximate surface area is 131 Å². The van der Waals surface area contributed by atoms with Gasteiger partial charge in [0.25, 0.3) is 0 Å². The minimum absolute atomic E-state index is 0.752. The summed E-state index contributed by atoms with van der Waals surface area (Å²) in [6, 6.07) is 8.84. The van der Waals surface area contributed by atoms with Gasteiger partial charge in [0.2, 0.25) is 0 Å². The molecular formula is C19H33NO. The number of hydrogen-bond acceptors (Lipinski definition) is 2. The van der Waals surface area contributed by atoms with Gasteiger partial charge in [-0.2, -0.15) is 0 Å². The number of nitrogens with one attached hydrogen (secondary N) is 1. The third-order valence-corrected chi connectivity index (χ3v) is 3.77.